The fraction of sp³-hybridized carbons (Fsp3) is 0.619. The number of hydrogen-bond acceptors (Lipinski definition) is 4. The lowest BCUT2D eigenvalue weighted by Crippen LogP contribution is -2.48. The summed E-state index contributed by atoms with van der Waals surface area (Å²) in [6.07, 6.45) is 8.40. The minimum Gasteiger partial charge on any atom is -0.350 e. The molecule has 146 valence electrons. The number of nitrogens with zero attached hydrogens (tertiary/aromatic N) is 3. The Bertz CT molecular complexity index is 684. The standard InChI is InChI=1S/C21H30N4O2/c1-4-5-6-7-20(26)25-17-8-9-18(25)12-16(11-17)13-22-21(27)19-10-14(2)23-15(3)24-19/h4,10,16-18H,1,5-9,11-13H2,2-3H3,(H,22,27)/t16?,17-,18+. The number of unbranched alkanes of at least 4 members (excludes halogenated alkanes) is 1. The van der Waals surface area contributed by atoms with Crippen LogP contribution < -0.4 is 5.32 Å². The van der Waals surface area contributed by atoms with Crippen molar-refractivity contribution >= 4 is 11.8 Å². The second kappa shape index (κ2) is 8.63. The molecule has 1 N–H and O–H groups in total. The van der Waals surface area contributed by atoms with E-state index in [0.717, 1.165) is 44.2 Å². The van der Waals surface area contributed by atoms with Gasteiger partial charge in [0.25, 0.3) is 5.91 Å². The SMILES string of the molecule is C=CCCCC(=O)N1[C@@H]2CC[C@H]1CC(CNC(=O)c1cc(C)nc(C)n1)C2. The van der Waals surface area contributed by atoms with E-state index in [2.05, 4.69) is 26.8 Å². The van der Waals surface area contributed by atoms with Gasteiger partial charge >= 0.3 is 0 Å². The maximum Gasteiger partial charge on any atom is 0.270 e. The zero-order valence-electron chi connectivity index (χ0n) is 16.4. The molecule has 0 spiro atoms. The van der Waals surface area contributed by atoms with Crippen LogP contribution in [0.3, 0.4) is 0 Å². The smallest absolute Gasteiger partial charge is 0.270 e. The third-order valence-electron chi connectivity index (χ3n) is 5.67. The van der Waals surface area contributed by atoms with Crippen LogP contribution in [0.1, 0.15) is 67.0 Å². The third-order valence-corrected chi connectivity index (χ3v) is 5.67. The van der Waals surface area contributed by atoms with Crippen molar-refractivity contribution < 1.29 is 9.59 Å². The molecule has 2 aliphatic rings. The lowest BCUT2D eigenvalue weighted by Gasteiger charge is -2.39. The highest BCUT2D eigenvalue weighted by Gasteiger charge is 2.42. The summed E-state index contributed by atoms with van der Waals surface area (Å²) in [5.41, 5.74) is 1.23. The zero-order chi connectivity index (χ0) is 19.4. The summed E-state index contributed by atoms with van der Waals surface area (Å²) < 4.78 is 0. The maximum absolute atomic E-state index is 12.6. The van der Waals surface area contributed by atoms with Crippen LogP contribution in [0.4, 0.5) is 0 Å². The average molecular weight is 370 g/mol. The highest BCUT2D eigenvalue weighted by molar-refractivity contribution is 5.92. The summed E-state index contributed by atoms with van der Waals surface area (Å²) in [5.74, 6) is 1.19. The second-order valence-corrected chi connectivity index (χ2v) is 7.86. The highest BCUT2D eigenvalue weighted by atomic mass is 16.2. The van der Waals surface area contributed by atoms with Gasteiger partial charge in [0.05, 0.1) is 0 Å². The van der Waals surface area contributed by atoms with E-state index in [1.165, 1.54) is 0 Å². The zero-order valence-corrected chi connectivity index (χ0v) is 16.4. The Morgan fingerprint density at radius 2 is 1.96 bits per heavy atom. The van der Waals surface area contributed by atoms with Crippen molar-refractivity contribution in [2.45, 2.75) is 70.9 Å². The number of aryl methyl sites for hydroxylation is 2. The number of fused-ring (bicyclic) bond motifs is 2. The molecule has 1 aromatic heterocycles. The molecule has 3 heterocycles. The molecule has 2 bridgehead atoms. The Kier molecular flexibility index (Phi) is 6.24. The van der Waals surface area contributed by atoms with Crippen molar-refractivity contribution in [2.24, 2.45) is 5.92 Å². The van der Waals surface area contributed by atoms with E-state index in [4.69, 9.17) is 0 Å². The van der Waals surface area contributed by atoms with Gasteiger partial charge in [-0.2, -0.15) is 0 Å². The van der Waals surface area contributed by atoms with Gasteiger partial charge in [-0.15, -0.1) is 6.58 Å². The minimum absolute atomic E-state index is 0.140. The van der Waals surface area contributed by atoms with Crippen molar-refractivity contribution in [1.29, 1.82) is 0 Å². The molecule has 2 saturated heterocycles. The molecule has 6 nitrogen and oxygen atoms in total. The number of carbonyl (C=O) groups is 2. The first-order valence-electron chi connectivity index (χ1n) is 10.0. The van der Waals surface area contributed by atoms with Gasteiger partial charge in [-0.3, -0.25) is 9.59 Å². The fourth-order valence-electron chi connectivity index (χ4n) is 4.55. The van der Waals surface area contributed by atoms with E-state index in [9.17, 15) is 9.59 Å². The molecular weight excluding hydrogens is 340 g/mol. The summed E-state index contributed by atoms with van der Waals surface area (Å²) >= 11 is 0. The van der Waals surface area contributed by atoms with E-state index < -0.39 is 0 Å². The Balaban J connectivity index is 1.52. The molecule has 2 fully saturated rings. The quantitative estimate of drug-likeness (QED) is 0.591. The van der Waals surface area contributed by atoms with E-state index in [0.29, 0.717) is 48.4 Å². The topological polar surface area (TPSA) is 75.2 Å². The van der Waals surface area contributed by atoms with Gasteiger partial charge in [0, 0.05) is 30.7 Å². The summed E-state index contributed by atoms with van der Waals surface area (Å²) in [7, 11) is 0. The first kappa shape index (κ1) is 19.5. The molecule has 27 heavy (non-hydrogen) atoms. The maximum atomic E-state index is 12.6. The number of piperidine rings is 1. The molecule has 0 radical (unpaired) electrons. The number of aromatic nitrogens is 2. The summed E-state index contributed by atoms with van der Waals surface area (Å²) in [6.45, 7) is 8.03. The third kappa shape index (κ3) is 4.73. The van der Waals surface area contributed by atoms with Gasteiger partial charge in [-0.1, -0.05) is 6.08 Å². The molecule has 2 aliphatic heterocycles. The minimum atomic E-state index is -0.140. The van der Waals surface area contributed by atoms with Crippen LogP contribution >= 0.6 is 0 Å². The molecule has 6 heteroatoms. The normalized spacial score (nSPS) is 23.9. The highest BCUT2D eigenvalue weighted by Crippen LogP contribution is 2.39. The largest absolute Gasteiger partial charge is 0.350 e. The Labute approximate surface area is 161 Å². The van der Waals surface area contributed by atoms with E-state index in [1.54, 1.807) is 13.0 Å². The van der Waals surface area contributed by atoms with Gasteiger partial charge in [0.1, 0.15) is 11.5 Å². The predicted molar refractivity (Wildman–Crippen MR) is 104 cm³/mol. The van der Waals surface area contributed by atoms with Gasteiger partial charge in [0.2, 0.25) is 5.91 Å². The van der Waals surface area contributed by atoms with Crippen molar-refractivity contribution in [2.75, 3.05) is 6.54 Å². The monoisotopic (exact) mass is 370 g/mol. The summed E-state index contributed by atoms with van der Waals surface area (Å²) in [5, 5.41) is 3.03. The van der Waals surface area contributed by atoms with Crippen LogP contribution in [-0.2, 0) is 4.79 Å². The summed E-state index contributed by atoms with van der Waals surface area (Å²) in [4.78, 5) is 35.6. The Morgan fingerprint density at radius 3 is 2.59 bits per heavy atom. The van der Waals surface area contributed by atoms with Gasteiger partial charge < -0.3 is 10.2 Å². The number of allylic oxidation sites excluding steroid dienone is 1. The van der Waals surface area contributed by atoms with Gasteiger partial charge in [-0.05, 0) is 64.4 Å². The van der Waals surface area contributed by atoms with Crippen molar-refractivity contribution in [1.82, 2.24) is 20.2 Å². The van der Waals surface area contributed by atoms with Crippen molar-refractivity contribution in [3.63, 3.8) is 0 Å². The molecule has 2 amide bonds. The fourth-order valence-corrected chi connectivity index (χ4v) is 4.55. The molecule has 3 rings (SSSR count). The molecule has 0 aliphatic carbocycles. The van der Waals surface area contributed by atoms with Crippen LogP contribution in [-0.4, -0.2) is 45.3 Å². The number of carbonyl (C=O) groups excluding carboxylic acids is 2. The molecule has 1 unspecified atom stereocenters. The first-order chi connectivity index (χ1) is 13.0. The lowest BCUT2D eigenvalue weighted by molar-refractivity contribution is -0.136. The van der Waals surface area contributed by atoms with Crippen LogP contribution in [0.25, 0.3) is 0 Å². The number of hydrogen-bond donors (Lipinski definition) is 1. The number of nitrogens with one attached hydrogen (secondary N) is 1. The molecule has 0 aromatic carbocycles. The number of rotatable bonds is 7. The van der Waals surface area contributed by atoms with Crippen LogP contribution in [0, 0.1) is 19.8 Å². The molecular formula is C21H30N4O2. The second-order valence-electron chi connectivity index (χ2n) is 7.86. The average Bonchev–Trinajstić information content (AvgIpc) is 2.89. The van der Waals surface area contributed by atoms with Gasteiger partial charge in [-0.25, -0.2) is 9.97 Å². The Hall–Kier alpha value is -2.24. The summed E-state index contributed by atoms with van der Waals surface area (Å²) in [6, 6.07) is 2.40. The molecule has 1 aromatic rings. The van der Waals surface area contributed by atoms with Gasteiger partial charge in [0.15, 0.2) is 0 Å². The first-order valence-corrected chi connectivity index (χ1v) is 10.0. The van der Waals surface area contributed by atoms with Crippen LogP contribution in [0.15, 0.2) is 18.7 Å². The lowest BCUT2D eigenvalue weighted by atomic mass is 9.90. The van der Waals surface area contributed by atoms with E-state index in [1.807, 2.05) is 13.0 Å². The molecule has 3 atom stereocenters. The van der Waals surface area contributed by atoms with E-state index in [-0.39, 0.29) is 5.91 Å². The predicted octanol–water partition coefficient (Wildman–Crippen LogP) is 2.95. The molecule has 0 saturated carbocycles. The van der Waals surface area contributed by atoms with Crippen molar-refractivity contribution in [3.05, 3.63) is 35.9 Å². The van der Waals surface area contributed by atoms with E-state index >= 15 is 0 Å². The Morgan fingerprint density at radius 1 is 1.26 bits per heavy atom. The number of amides is 2. The van der Waals surface area contributed by atoms with Crippen LogP contribution in [0.2, 0.25) is 0 Å². The van der Waals surface area contributed by atoms with Crippen molar-refractivity contribution in [3.8, 4) is 0 Å². The van der Waals surface area contributed by atoms with Crippen LogP contribution in [0.5, 0.6) is 0 Å².